The summed E-state index contributed by atoms with van der Waals surface area (Å²) in [4.78, 5) is 0. The van der Waals surface area contributed by atoms with Crippen molar-refractivity contribution in [2.45, 2.75) is 0 Å². The molecule has 0 fully saturated rings. The zero-order valence-corrected chi connectivity index (χ0v) is 4.88. The molecule has 0 unspecified atom stereocenters. The zero-order valence-electron chi connectivity index (χ0n) is 3.72. The topological polar surface area (TPSA) is 0 Å². The first-order chi connectivity index (χ1) is 0. The molecule has 0 aliphatic heterocycles. The Morgan fingerprint density at radius 2 is 0.333 bits per heavy atom. The van der Waals surface area contributed by atoms with Crippen LogP contribution in [0.25, 0.3) is 0 Å². The monoisotopic (exact) mass is 172 g/mol. The van der Waals surface area contributed by atoms with Crippen molar-refractivity contribution in [3.8, 4) is 0 Å². The van der Waals surface area contributed by atoms with Gasteiger partial charge < -0.3 is 32.9 Å². The van der Waals surface area contributed by atoms with Gasteiger partial charge in [0.15, 0.2) is 0 Å². The van der Waals surface area contributed by atoms with Crippen molar-refractivity contribution in [3.05, 3.63) is 7.43 Å². The van der Waals surface area contributed by atoms with E-state index in [9.17, 15) is 0 Å². The molecule has 0 aromatic heterocycles. The number of halogens is 7. The molecule has 0 aliphatic rings. The second-order valence-corrected chi connectivity index (χ2v) is 0. The fourth-order valence-corrected chi connectivity index (χ4v) is 0. The molecule has 0 bridgehead atoms. The summed E-state index contributed by atoms with van der Waals surface area (Å²) >= 11 is 0. The Morgan fingerprint density at radius 1 is 0.333 bits per heavy atom. The van der Waals surface area contributed by atoms with Gasteiger partial charge >= 0.3 is 24.8 Å². The Bertz CT molecular complexity index is 8.88. The van der Waals surface area contributed by atoms with Crippen molar-refractivity contribution in [2.75, 3.05) is 0 Å². The van der Waals surface area contributed by atoms with Gasteiger partial charge in [0.2, 0.25) is 0 Å². The summed E-state index contributed by atoms with van der Waals surface area (Å²) in [6.07, 6.45) is 0. The van der Waals surface area contributed by atoms with Gasteiger partial charge in [0.05, 0.1) is 0 Å². The van der Waals surface area contributed by atoms with Gasteiger partial charge in [-0.3, -0.25) is 0 Å². The molecular formula is CAlF7. The first-order valence-electron chi connectivity index (χ1n) is 0. The van der Waals surface area contributed by atoms with Crippen molar-refractivity contribution in [2.24, 2.45) is 0 Å². The normalized spacial score (nSPS) is 0. The maximum absolute atomic E-state index is 0. The molecule has 0 amide bonds. The second kappa shape index (κ2) is 221000. The van der Waals surface area contributed by atoms with Crippen molar-refractivity contribution >= 4 is 17.4 Å². The van der Waals surface area contributed by atoms with Crippen LogP contribution in [0.3, 0.4) is 0 Å². The molecule has 8 heteroatoms. The van der Waals surface area contributed by atoms with Crippen LogP contribution in [-0.2, 0) is 0 Å². The van der Waals surface area contributed by atoms with Crippen LogP contribution in [0.15, 0.2) is 0 Å². The fraction of sp³-hybridized carbons (Fsp3) is 0. The third-order valence-corrected chi connectivity index (χ3v) is 0. The maximum atomic E-state index is 0. The molecule has 0 saturated carbocycles. The van der Waals surface area contributed by atoms with Gasteiger partial charge in [0.25, 0.3) is 0 Å². The van der Waals surface area contributed by atoms with Crippen LogP contribution in [0.4, 0.5) is 0 Å². The molecule has 0 N–H and O–H groups in total. The minimum absolute atomic E-state index is 0. The summed E-state index contributed by atoms with van der Waals surface area (Å²) in [6, 6.07) is 0. The SMILES string of the molecule is [Al+3].[C+4].[F-].[F-].[F-].[F-].[F-].[F-].[F-]. The molecule has 0 aromatic rings. The Hall–Kier alpha value is 0.0425. The van der Waals surface area contributed by atoms with Gasteiger partial charge in [-0.25, -0.2) is 0 Å². The average molecular weight is 172 g/mol. The van der Waals surface area contributed by atoms with Crippen molar-refractivity contribution in [1.29, 1.82) is 0 Å². The number of hydrogen-bond acceptors (Lipinski definition) is 0. The number of rotatable bonds is 0. The van der Waals surface area contributed by atoms with Crippen LogP contribution < -0.4 is 32.9 Å². The van der Waals surface area contributed by atoms with Crippen LogP contribution in [0.2, 0.25) is 0 Å². The third-order valence-electron chi connectivity index (χ3n) is 0. The summed E-state index contributed by atoms with van der Waals surface area (Å²) in [6.45, 7) is 0. The maximum Gasteiger partial charge on any atom is 4.00 e. The summed E-state index contributed by atoms with van der Waals surface area (Å²) in [7, 11) is 0. The van der Waals surface area contributed by atoms with E-state index in [1.807, 2.05) is 0 Å². The molecule has 0 rings (SSSR count). The van der Waals surface area contributed by atoms with Gasteiger partial charge in [-0.2, -0.15) is 0 Å². The van der Waals surface area contributed by atoms with Gasteiger partial charge in [-0.15, -0.1) is 0 Å². The van der Waals surface area contributed by atoms with Crippen LogP contribution in [-0.4, -0.2) is 17.4 Å². The molecule has 9 heavy (non-hydrogen) atoms. The Kier molecular flexibility index (Phi) is 7970000000. The molecular weight excluding hydrogens is 172 g/mol. The van der Waals surface area contributed by atoms with Gasteiger partial charge in [-0.1, -0.05) is 0 Å². The molecule has 0 nitrogen and oxygen atoms in total. The van der Waals surface area contributed by atoms with E-state index in [0.717, 1.165) is 0 Å². The fourth-order valence-electron chi connectivity index (χ4n) is 0. The van der Waals surface area contributed by atoms with Crippen molar-refractivity contribution in [1.82, 2.24) is 0 Å². The quantitative estimate of drug-likeness (QED) is 0.251. The molecule has 0 saturated heterocycles. The van der Waals surface area contributed by atoms with E-state index in [2.05, 4.69) is 0 Å². The Labute approximate surface area is 58.7 Å². The predicted octanol–water partition coefficient (Wildman–Crippen LogP) is -21.3. The Balaban J connectivity index is 0. The first kappa shape index (κ1) is 324000. The van der Waals surface area contributed by atoms with E-state index in [0.29, 0.717) is 0 Å². The van der Waals surface area contributed by atoms with Gasteiger partial charge in [0, 0.05) is 0 Å². The summed E-state index contributed by atoms with van der Waals surface area (Å²) in [5.74, 6) is 0. The van der Waals surface area contributed by atoms with E-state index in [1.165, 1.54) is 0 Å². The van der Waals surface area contributed by atoms with Crippen LogP contribution in [0, 0.1) is 7.43 Å². The standard InChI is InChI=1S/C.Al.7FH/h;;7*1H/q+4;+3;;;;;;;/p-7. The van der Waals surface area contributed by atoms with E-state index in [1.54, 1.807) is 0 Å². The molecule has 0 aliphatic carbocycles. The van der Waals surface area contributed by atoms with Crippen LogP contribution in [0.1, 0.15) is 0 Å². The van der Waals surface area contributed by atoms with Crippen LogP contribution in [0.5, 0.6) is 0 Å². The zero-order chi connectivity index (χ0) is 0. The van der Waals surface area contributed by atoms with Gasteiger partial charge in [0.1, 0.15) is 0 Å². The molecule has 0 radical (unpaired) electrons. The number of hydrogen-bond donors (Lipinski definition) is 0. The minimum Gasteiger partial charge on any atom is -1.00 e. The van der Waals surface area contributed by atoms with E-state index in [4.69, 9.17) is 0 Å². The van der Waals surface area contributed by atoms with E-state index in [-0.39, 0.29) is 57.7 Å². The Morgan fingerprint density at radius 3 is 0.333 bits per heavy atom. The second-order valence-electron chi connectivity index (χ2n) is 0. The average Bonchev–Trinajstić information content (AvgIpc) is 0. The largest absolute Gasteiger partial charge is 4.00 e. The van der Waals surface area contributed by atoms with E-state index < -0.39 is 0 Å². The molecule has 0 spiro atoms. The summed E-state index contributed by atoms with van der Waals surface area (Å²) in [5.41, 5.74) is 0. The molecule has 0 atom stereocenters. The first-order valence-corrected chi connectivity index (χ1v) is 0. The minimum atomic E-state index is 0. The van der Waals surface area contributed by atoms with Crippen LogP contribution >= 0.6 is 0 Å². The smallest absolute Gasteiger partial charge is 1.00 e. The van der Waals surface area contributed by atoms with Crippen molar-refractivity contribution in [3.63, 3.8) is 0 Å². The van der Waals surface area contributed by atoms with Crippen molar-refractivity contribution < 1.29 is 32.9 Å². The van der Waals surface area contributed by atoms with E-state index >= 15 is 0 Å². The molecule has 56 valence electrons. The summed E-state index contributed by atoms with van der Waals surface area (Å²) in [5, 5.41) is 0. The summed E-state index contributed by atoms with van der Waals surface area (Å²) < 4.78 is 0. The predicted molar refractivity (Wildman–Crippen MR) is 9.00 cm³/mol. The molecule has 0 aromatic carbocycles. The van der Waals surface area contributed by atoms with Gasteiger partial charge in [-0.05, 0) is 0 Å². The third kappa shape index (κ3) is 163000. The molecule has 0 heterocycles.